The number of nitrogens with two attached hydrogens (primary N) is 1. The summed E-state index contributed by atoms with van der Waals surface area (Å²) < 4.78 is 15.7. The molecule has 0 amide bonds. The monoisotopic (exact) mass is 263 g/mol. The predicted molar refractivity (Wildman–Crippen MR) is 73.3 cm³/mol. The van der Waals surface area contributed by atoms with Gasteiger partial charge < -0.3 is 19.9 Å². The van der Waals surface area contributed by atoms with Gasteiger partial charge in [0.05, 0.1) is 18.2 Å². The van der Waals surface area contributed by atoms with Gasteiger partial charge in [-0.3, -0.25) is 0 Å². The first kappa shape index (κ1) is 16.8. The van der Waals surface area contributed by atoms with Gasteiger partial charge in [-0.25, -0.2) is 0 Å². The second-order valence-electron chi connectivity index (χ2n) is 4.57. The number of rotatable bonds is 11. The van der Waals surface area contributed by atoms with E-state index in [1.165, 1.54) is 0 Å². The maximum atomic E-state index is 5.62. The van der Waals surface area contributed by atoms with Crippen LogP contribution in [0.4, 0.5) is 0 Å². The average Bonchev–Trinajstić information content (AvgIpc) is 2.26. The molecule has 5 heteroatoms. The van der Waals surface area contributed by atoms with Crippen molar-refractivity contribution in [2.45, 2.75) is 26.7 Å². The zero-order valence-corrected chi connectivity index (χ0v) is 12.0. The highest BCUT2D eigenvalue weighted by atomic mass is 32.1. The molecule has 0 aromatic heterocycles. The van der Waals surface area contributed by atoms with E-state index < -0.39 is 0 Å². The molecule has 0 saturated heterocycles. The molecule has 0 bridgehead atoms. The van der Waals surface area contributed by atoms with E-state index in [0.29, 0.717) is 38.0 Å². The summed E-state index contributed by atoms with van der Waals surface area (Å²) in [6.07, 6.45) is 1.75. The smallest absolute Gasteiger partial charge is 0.0785 e. The van der Waals surface area contributed by atoms with Crippen LogP contribution in [0.25, 0.3) is 0 Å². The molecule has 0 atom stereocenters. The van der Waals surface area contributed by atoms with Crippen molar-refractivity contribution in [2.24, 2.45) is 11.1 Å². The van der Waals surface area contributed by atoms with Crippen molar-refractivity contribution in [1.82, 2.24) is 0 Å². The molecule has 2 N–H and O–H groups in total. The fourth-order valence-corrected chi connectivity index (χ4v) is 1.16. The van der Waals surface area contributed by atoms with Gasteiger partial charge in [-0.1, -0.05) is 26.1 Å². The molecule has 0 unspecified atom stereocenters. The first-order chi connectivity index (χ1) is 8.00. The van der Waals surface area contributed by atoms with Crippen molar-refractivity contribution in [3.63, 3.8) is 0 Å². The molecule has 102 valence electrons. The summed E-state index contributed by atoms with van der Waals surface area (Å²) in [5.74, 6) is 0. The fourth-order valence-electron chi connectivity index (χ4n) is 1.06. The van der Waals surface area contributed by atoms with E-state index in [0.717, 1.165) is 12.8 Å². The molecule has 0 aliphatic carbocycles. The van der Waals surface area contributed by atoms with Crippen LogP contribution in [0.3, 0.4) is 0 Å². The van der Waals surface area contributed by atoms with E-state index in [9.17, 15) is 0 Å². The molecule has 0 aromatic rings. The molecule has 0 spiro atoms. The third-order valence-corrected chi connectivity index (χ3v) is 3.10. The minimum Gasteiger partial charge on any atom is -0.393 e. The van der Waals surface area contributed by atoms with E-state index in [1.807, 2.05) is 13.8 Å². The Labute approximate surface area is 110 Å². The summed E-state index contributed by atoms with van der Waals surface area (Å²) in [6, 6.07) is 0. The molecule has 0 rings (SSSR count). The van der Waals surface area contributed by atoms with Crippen molar-refractivity contribution >= 4 is 17.2 Å². The van der Waals surface area contributed by atoms with Crippen LogP contribution in [0.1, 0.15) is 26.7 Å². The van der Waals surface area contributed by atoms with Crippen molar-refractivity contribution in [3.8, 4) is 0 Å². The highest BCUT2D eigenvalue weighted by Gasteiger charge is 2.20. The maximum absolute atomic E-state index is 5.62. The molecule has 0 saturated carbocycles. The summed E-state index contributed by atoms with van der Waals surface area (Å²) in [4.78, 5) is 0.545. The van der Waals surface area contributed by atoms with E-state index in [4.69, 9.17) is 32.2 Å². The van der Waals surface area contributed by atoms with Crippen LogP contribution >= 0.6 is 12.2 Å². The van der Waals surface area contributed by atoms with E-state index in [1.54, 1.807) is 7.11 Å². The maximum Gasteiger partial charge on any atom is 0.0785 e. The molecule has 4 nitrogen and oxygen atoms in total. The van der Waals surface area contributed by atoms with Gasteiger partial charge in [0.25, 0.3) is 0 Å². The number of hydrogen-bond donors (Lipinski definition) is 1. The number of thiocarbonyl (C=S) groups is 1. The molecule has 0 aliphatic rings. The summed E-state index contributed by atoms with van der Waals surface area (Å²) >= 11 is 4.98. The number of methoxy groups -OCH3 is 1. The van der Waals surface area contributed by atoms with Crippen LogP contribution in [0.15, 0.2) is 0 Å². The quantitative estimate of drug-likeness (QED) is 0.455. The van der Waals surface area contributed by atoms with E-state index in [2.05, 4.69) is 0 Å². The third-order valence-electron chi connectivity index (χ3n) is 2.55. The molecule has 0 heterocycles. The Kier molecular flexibility index (Phi) is 9.63. The van der Waals surface area contributed by atoms with Gasteiger partial charge in [0.2, 0.25) is 0 Å². The summed E-state index contributed by atoms with van der Waals surface area (Å²) in [6.45, 7) is 7.46. The standard InChI is InChI=1S/C12H25NO3S/c1-12(2,11(13)17)5-8-15-6-4-7-16-10-9-14-3/h4-10H2,1-3H3,(H2,13,17). The molecule has 0 aromatic carbocycles. The van der Waals surface area contributed by atoms with Crippen LogP contribution in [0.2, 0.25) is 0 Å². The van der Waals surface area contributed by atoms with Gasteiger partial charge in [-0.15, -0.1) is 0 Å². The Morgan fingerprint density at radius 1 is 1.06 bits per heavy atom. The lowest BCUT2D eigenvalue weighted by Crippen LogP contribution is -2.30. The first-order valence-electron chi connectivity index (χ1n) is 5.95. The van der Waals surface area contributed by atoms with Gasteiger partial charge in [-0.05, 0) is 12.8 Å². The van der Waals surface area contributed by atoms with Crippen molar-refractivity contribution in [1.29, 1.82) is 0 Å². The van der Waals surface area contributed by atoms with E-state index in [-0.39, 0.29) is 5.41 Å². The number of hydrogen-bond acceptors (Lipinski definition) is 4. The van der Waals surface area contributed by atoms with Gasteiger partial charge in [0, 0.05) is 32.3 Å². The summed E-state index contributed by atoms with van der Waals surface area (Å²) in [5, 5.41) is 0. The van der Waals surface area contributed by atoms with Crippen LogP contribution in [0.5, 0.6) is 0 Å². The van der Waals surface area contributed by atoms with E-state index >= 15 is 0 Å². The zero-order valence-electron chi connectivity index (χ0n) is 11.2. The molecule has 0 fully saturated rings. The van der Waals surface area contributed by atoms with Gasteiger partial charge in [0.1, 0.15) is 0 Å². The summed E-state index contributed by atoms with van der Waals surface area (Å²) in [7, 11) is 1.66. The highest BCUT2D eigenvalue weighted by Crippen LogP contribution is 2.20. The zero-order chi connectivity index (χ0) is 13.1. The molecular weight excluding hydrogens is 238 g/mol. The molecular formula is C12H25NO3S. The lowest BCUT2D eigenvalue weighted by molar-refractivity contribution is 0.0488. The number of ether oxygens (including phenoxy) is 3. The average molecular weight is 263 g/mol. The minimum absolute atomic E-state index is 0.121. The van der Waals surface area contributed by atoms with Crippen LogP contribution in [-0.2, 0) is 14.2 Å². The van der Waals surface area contributed by atoms with Crippen molar-refractivity contribution < 1.29 is 14.2 Å². The second-order valence-corrected chi connectivity index (χ2v) is 5.01. The van der Waals surface area contributed by atoms with Gasteiger partial charge in [0.15, 0.2) is 0 Å². The Bertz CT molecular complexity index is 210. The largest absolute Gasteiger partial charge is 0.393 e. The van der Waals surface area contributed by atoms with Crippen LogP contribution < -0.4 is 5.73 Å². The SMILES string of the molecule is COCCOCCCOCCC(C)(C)C(N)=S. The topological polar surface area (TPSA) is 53.7 Å². The first-order valence-corrected chi connectivity index (χ1v) is 6.36. The van der Waals surface area contributed by atoms with Crippen LogP contribution in [0, 0.1) is 5.41 Å². The Balaban J connectivity index is 3.27. The molecule has 17 heavy (non-hydrogen) atoms. The van der Waals surface area contributed by atoms with Crippen molar-refractivity contribution in [3.05, 3.63) is 0 Å². The van der Waals surface area contributed by atoms with Gasteiger partial charge in [-0.2, -0.15) is 0 Å². The Morgan fingerprint density at radius 2 is 1.65 bits per heavy atom. The Hall–Kier alpha value is -0.230. The summed E-state index contributed by atoms with van der Waals surface area (Å²) in [5.41, 5.74) is 5.50. The van der Waals surface area contributed by atoms with Crippen LogP contribution in [-0.4, -0.2) is 45.1 Å². The lowest BCUT2D eigenvalue weighted by Gasteiger charge is -2.22. The normalized spacial score (nSPS) is 11.7. The molecule has 0 radical (unpaired) electrons. The lowest BCUT2D eigenvalue weighted by atomic mass is 9.90. The fraction of sp³-hybridized carbons (Fsp3) is 0.917. The second kappa shape index (κ2) is 9.76. The van der Waals surface area contributed by atoms with Gasteiger partial charge >= 0.3 is 0 Å². The molecule has 0 aliphatic heterocycles. The minimum atomic E-state index is -0.121. The van der Waals surface area contributed by atoms with Crippen molar-refractivity contribution in [2.75, 3.05) is 40.1 Å². The third kappa shape index (κ3) is 9.47. The highest BCUT2D eigenvalue weighted by molar-refractivity contribution is 7.80. The predicted octanol–water partition coefficient (Wildman–Crippen LogP) is 1.76. The Morgan fingerprint density at radius 3 is 2.18 bits per heavy atom.